The molecule has 152 valence electrons. The van der Waals surface area contributed by atoms with Crippen LogP contribution in [0, 0.1) is 0 Å². The van der Waals surface area contributed by atoms with E-state index in [1.807, 2.05) is 0 Å². The highest BCUT2D eigenvalue weighted by atomic mass is 19.4. The van der Waals surface area contributed by atoms with Gasteiger partial charge in [0.2, 0.25) is 0 Å². The Morgan fingerprint density at radius 2 is 0.880 bits per heavy atom. The molecule has 0 aliphatic heterocycles. The van der Waals surface area contributed by atoms with Crippen molar-refractivity contribution in [3.8, 4) is 0 Å². The first-order chi connectivity index (χ1) is 10.7. The smallest absolute Gasteiger partial charge is 0.391 e. The van der Waals surface area contributed by atoms with Gasteiger partial charge in [-0.3, -0.25) is 0 Å². The molecule has 0 amide bonds. The van der Waals surface area contributed by atoms with Gasteiger partial charge in [0.1, 0.15) is 12.2 Å². The monoisotopic (exact) mass is 400 g/mol. The second kappa shape index (κ2) is 6.70. The van der Waals surface area contributed by atoms with Crippen LogP contribution in [0.5, 0.6) is 0 Å². The number of alkyl halides is 10. The topological polar surface area (TPSA) is 80.9 Å². The number of hydrogen-bond acceptors (Lipinski definition) is 4. The van der Waals surface area contributed by atoms with Gasteiger partial charge in [-0.25, -0.2) is 4.39 Å². The maximum absolute atomic E-state index is 14.0. The van der Waals surface area contributed by atoms with Crippen LogP contribution in [0.4, 0.5) is 43.9 Å². The molecule has 0 aliphatic rings. The molecule has 0 aliphatic carbocycles. The quantitative estimate of drug-likeness (QED) is 0.490. The summed E-state index contributed by atoms with van der Waals surface area (Å²) in [5, 5.41) is 35.0. The van der Waals surface area contributed by atoms with Crippen LogP contribution in [-0.4, -0.2) is 74.5 Å². The summed E-state index contributed by atoms with van der Waals surface area (Å²) in [6.45, 7) is 0.339. The van der Waals surface area contributed by atoms with Gasteiger partial charge in [0.05, 0.1) is 12.2 Å². The van der Waals surface area contributed by atoms with E-state index in [0.717, 1.165) is 0 Å². The Morgan fingerprint density at radius 3 is 1.12 bits per heavy atom. The predicted octanol–water partition coefficient (Wildman–Crippen LogP) is 1.65. The highest BCUT2D eigenvalue weighted by Crippen LogP contribution is 2.59. The van der Waals surface area contributed by atoms with Gasteiger partial charge < -0.3 is 20.4 Å². The van der Waals surface area contributed by atoms with Crippen molar-refractivity contribution < 1.29 is 64.3 Å². The lowest BCUT2D eigenvalue weighted by molar-refractivity contribution is -0.417. The lowest BCUT2D eigenvalue weighted by Crippen LogP contribution is -2.75. The van der Waals surface area contributed by atoms with Gasteiger partial charge in [-0.15, -0.1) is 0 Å². The highest BCUT2D eigenvalue weighted by molar-refractivity contribution is 5.16. The van der Waals surface area contributed by atoms with Crippen LogP contribution < -0.4 is 0 Å². The summed E-state index contributed by atoms with van der Waals surface area (Å²) in [6.07, 6.45) is -21.2. The van der Waals surface area contributed by atoms with Gasteiger partial charge in [0, 0.05) is 0 Å². The van der Waals surface area contributed by atoms with Gasteiger partial charge in [-0.2, -0.15) is 39.5 Å². The summed E-state index contributed by atoms with van der Waals surface area (Å²) in [5.41, 5.74) is -6.72. The second-order valence-corrected chi connectivity index (χ2v) is 5.35. The van der Waals surface area contributed by atoms with Gasteiger partial charge in [0.25, 0.3) is 0 Å². The van der Waals surface area contributed by atoms with E-state index < -0.39 is 54.0 Å². The van der Waals surface area contributed by atoms with E-state index in [0.29, 0.717) is 0 Å². The maximum atomic E-state index is 14.0. The number of aliphatic hydroxyl groups is 4. The Labute approximate surface area is 133 Å². The number of halogens is 10. The summed E-state index contributed by atoms with van der Waals surface area (Å²) < 4.78 is 133. The first-order valence-electron chi connectivity index (χ1n) is 6.32. The standard InChI is InChI=1S/C11H14F10O4/c1-3(22)5(24)7(12,11(19,20)21)9(15,16)10(17,18)8(13,14)6(25)4(2)23/h3-6,22-25H,1-2H3. The fourth-order valence-electron chi connectivity index (χ4n) is 1.79. The molecule has 0 fully saturated rings. The Kier molecular flexibility index (Phi) is 6.47. The van der Waals surface area contributed by atoms with E-state index in [1.165, 1.54) is 0 Å². The fourth-order valence-corrected chi connectivity index (χ4v) is 1.79. The van der Waals surface area contributed by atoms with Crippen molar-refractivity contribution in [2.45, 2.75) is 67.9 Å². The Bertz CT molecular complexity index is 464. The van der Waals surface area contributed by atoms with Crippen molar-refractivity contribution in [3.05, 3.63) is 0 Å². The lowest BCUT2D eigenvalue weighted by atomic mass is 9.81. The Balaban J connectivity index is 6.55. The Hall–Kier alpha value is -0.860. The van der Waals surface area contributed by atoms with Crippen molar-refractivity contribution in [2.75, 3.05) is 0 Å². The van der Waals surface area contributed by atoms with Crippen LogP contribution in [0.3, 0.4) is 0 Å². The first-order valence-corrected chi connectivity index (χ1v) is 6.32. The number of hydrogen-bond donors (Lipinski definition) is 4. The third-order valence-electron chi connectivity index (χ3n) is 3.38. The zero-order chi connectivity index (χ0) is 20.8. The van der Waals surface area contributed by atoms with Crippen molar-refractivity contribution in [1.82, 2.24) is 0 Å². The van der Waals surface area contributed by atoms with Crippen molar-refractivity contribution in [1.29, 1.82) is 0 Å². The average Bonchev–Trinajstić information content (AvgIpc) is 2.42. The molecule has 0 aromatic rings. The van der Waals surface area contributed by atoms with Crippen LogP contribution in [0.15, 0.2) is 0 Å². The van der Waals surface area contributed by atoms with Gasteiger partial charge in [0.15, 0.2) is 0 Å². The molecule has 0 rings (SSSR count). The zero-order valence-electron chi connectivity index (χ0n) is 12.4. The summed E-state index contributed by atoms with van der Waals surface area (Å²) in [6, 6.07) is 0. The van der Waals surface area contributed by atoms with E-state index in [9.17, 15) is 43.9 Å². The molecule has 0 saturated heterocycles. The molecule has 14 heteroatoms. The fraction of sp³-hybridized carbons (Fsp3) is 1.00. The minimum absolute atomic E-state index is 0.113. The average molecular weight is 400 g/mol. The molecule has 0 heterocycles. The van der Waals surface area contributed by atoms with Gasteiger partial charge >= 0.3 is 29.6 Å². The van der Waals surface area contributed by atoms with E-state index >= 15 is 0 Å². The molecule has 0 spiro atoms. The molecule has 0 bridgehead atoms. The zero-order valence-corrected chi connectivity index (χ0v) is 12.4. The van der Waals surface area contributed by atoms with Crippen molar-refractivity contribution in [2.24, 2.45) is 0 Å². The molecule has 5 atom stereocenters. The maximum Gasteiger partial charge on any atom is 0.431 e. The van der Waals surface area contributed by atoms with E-state index in [2.05, 4.69) is 0 Å². The van der Waals surface area contributed by atoms with Crippen molar-refractivity contribution >= 4 is 0 Å². The molecule has 0 saturated carbocycles. The molecule has 0 radical (unpaired) electrons. The van der Waals surface area contributed by atoms with Gasteiger partial charge in [-0.05, 0) is 13.8 Å². The minimum Gasteiger partial charge on any atom is -0.391 e. The molecule has 5 unspecified atom stereocenters. The summed E-state index contributed by atoms with van der Waals surface area (Å²) >= 11 is 0. The lowest BCUT2D eigenvalue weighted by Gasteiger charge is -2.44. The molecule has 25 heavy (non-hydrogen) atoms. The molecule has 4 N–H and O–H groups in total. The third-order valence-corrected chi connectivity index (χ3v) is 3.38. The van der Waals surface area contributed by atoms with Crippen LogP contribution in [-0.2, 0) is 0 Å². The summed E-state index contributed by atoms with van der Waals surface area (Å²) in [7, 11) is 0. The molecular weight excluding hydrogens is 386 g/mol. The predicted molar refractivity (Wildman–Crippen MR) is 60.1 cm³/mol. The highest BCUT2D eigenvalue weighted by Gasteiger charge is 2.88. The Morgan fingerprint density at radius 1 is 0.560 bits per heavy atom. The largest absolute Gasteiger partial charge is 0.431 e. The SMILES string of the molecule is CC(O)C(O)C(F)(F)C(F)(F)C(F)(F)C(F)(C(O)C(C)O)C(F)(F)F. The molecular formula is C11H14F10O4. The molecule has 4 nitrogen and oxygen atoms in total. The van der Waals surface area contributed by atoms with Crippen LogP contribution in [0.25, 0.3) is 0 Å². The normalized spacial score (nSPS) is 22.1. The number of rotatable bonds is 7. The van der Waals surface area contributed by atoms with Gasteiger partial charge in [-0.1, -0.05) is 0 Å². The van der Waals surface area contributed by atoms with E-state index in [1.54, 1.807) is 0 Å². The second-order valence-electron chi connectivity index (χ2n) is 5.35. The van der Waals surface area contributed by atoms with E-state index in [4.69, 9.17) is 20.4 Å². The minimum atomic E-state index is -7.37. The summed E-state index contributed by atoms with van der Waals surface area (Å²) in [4.78, 5) is 0. The van der Waals surface area contributed by atoms with Crippen LogP contribution >= 0.6 is 0 Å². The van der Waals surface area contributed by atoms with Crippen molar-refractivity contribution in [3.63, 3.8) is 0 Å². The number of aliphatic hydroxyl groups excluding tert-OH is 4. The molecule has 0 aromatic heterocycles. The van der Waals surface area contributed by atoms with E-state index in [-0.39, 0.29) is 13.8 Å². The van der Waals surface area contributed by atoms with Crippen LogP contribution in [0.2, 0.25) is 0 Å². The first kappa shape index (κ1) is 24.1. The third kappa shape index (κ3) is 3.40. The summed E-state index contributed by atoms with van der Waals surface area (Å²) in [5.74, 6) is -21.1. The van der Waals surface area contributed by atoms with Crippen LogP contribution in [0.1, 0.15) is 13.8 Å². The molecule has 0 aromatic carbocycles.